The topological polar surface area (TPSA) is 54.7 Å². The van der Waals surface area contributed by atoms with Crippen molar-refractivity contribution in [2.75, 3.05) is 0 Å². The average molecular weight is 276 g/mol. The van der Waals surface area contributed by atoms with Gasteiger partial charge in [0.05, 0.1) is 21.6 Å². The quantitative estimate of drug-likeness (QED) is 0.752. The highest BCUT2D eigenvalue weighted by Gasteiger charge is 2.12. The van der Waals surface area contributed by atoms with Gasteiger partial charge >= 0.3 is 0 Å². The summed E-state index contributed by atoms with van der Waals surface area (Å²) < 4.78 is 13.9. The zero-order valence-corrected chi connectivity index (χ0v) is 10.7. The van der Waals surface area contributed by atoms with Crippen molar-refractivity contribution in [3.05, 3.63) is 52.8 Å². The molecule has 0 bridgehead atoms. The fourth-order valence-electron chi connectivity index (χ4n) is 2.00. The monoisotopic (exact) mass is 275 g/mol. The van der Waals surface area contributed by atoms with E-state index in [1.807, 2.05) is 18.2 Å². The first-order chi connectivity index (χ1) is 9.19. The maximum absolute atomic E-state index is 13.9. The number of hydrogen-bond acceptors (Lipinski definition) is 2. The van der Waals surface area contributed by atoms with Crippen molar-refractivity contribution in [3.63, 3.8) is 0 Å². The predicted octanol–water partition coefficient (Wildman–Crippen LogP) is 3.48. The van der Waals surface area contributed by atoms with Gasteiger partial charge in [-0.05, 0) is 29.8 Å². The van der Waals surface area contributed by atoms with E-state index in [4.69, 9.17) is 17.3 Å². The van der Waals surface area contributed by atoms with E-state index in [0.717, 1.165) is 16.6 Å². The molecule has 3 N–H and O–H groups in total. The summed E-state index contributed by atoms with van der Waals surface area (Å²) >= 11 is 5.78. The number of imidazole rings is 1. The normalized spacial score (nSPS) is 11.1. The molecule has 0 fully saturated rings. The molecule has 3 nitrogen and oxygen atoms in total. The Morgan fingerprint density at radius 1 is 1.26 bits per heavy atom. The van der Waals surface area contributed by atoms with E-state index in [2.05, 4.69) is 9.97 Å². The molecule has 1 heterocycles. The van der Waals surface area contributed by atoms with Crippen LogP contribution in [0.3, 0.4) is 0 Å². The molecule has 1 aromatic heterocycles. The number of nitrogens with one attached hydrogen (secondary N) is 1. The number of halogens is 2. The second kappa shape index (κ2) is 4.64. The van der Waals surface area contributed by atoms with Crippen molar-refractivity contribution in [2.45, 2.75) is 6.54 Å². The Hall–Kier alpha value is -1.91. The van der Waals surface area contributed by atoms with Crippen molar-refractivity contribution in [2.24, 2.45) is 5.73 Å². The highest BCUT2D eigenvalue weighted by Crippen LogP contribution is 2.27. The Morgan fingerprint density at radius 3 is 2.89 bits per heavy atom. The molecule has 0 atom stereocenters. The molecular weight excluding hydrogens is 265 g/mol. The van der Waals surface area contributed by atoms with Crippen LogP contribution in [-0.2, 0) is 6.54 Å². The zero-order valence-electron chi connectivity index (χ0n) is 9.95. The van der Waals surface area contributed by atoms with Gasteiger partial charge in [0.25, 0.3) is 0 Å². The van der Waals surface area contributed by atoms with Crippen LogP contribution in [0, 0.1) is 5.82 Å². The Morgan fingerprint density at radius 2 is 2.11 bits per heavy atom. The summed E-state index contributed by atoms with van der Waals surface area (Å²) in [5.74, 6) is -0.00792. The maximum atomic E-state index is 13.9. The number of rotatable bonds is 2. The fourth-order valence-corrected chi connectivity index (χ4v) is 2.17. The number of nitrogens with two attached hydrogens (primary N) is 1. The highest BCUT2D eigenvalue weighted by atomic mass is 35.5. The summed E-state index contributed by atoms with van der Waals surface area (Å²) in [7, 11) is 0. The molecule has 5 heteroatoms. The lowest BCUT2D eigenvalue weighted by Gasteiger charge is -2.00. The molecule has 96 valence electrons. The summed E-state index contributed by atoms with van der Waals surface area (Å²) in [6.07, 6.45) is 0. The molecule has 0 aliphatic carbocycles. The van der Waals surface area contributed by atoms with Crippen LogP contribution in [0.1, 0.15) is 5.56 Å². The highest BCUT2D eigenvalue weighted by molar-refractivity contribution is 6.31. The zero-order chi connectivity index (χ0) is 13.4. The molecule has 0 spiro atoms. The van der Waals surface area contributed by atoms with Gasteiger partial charge in [-0.15, -0.1) is 0 Å². The van der Waals surface area contributed by atoms with Gasteiger partial charge in [0.1, 0.15) is 5.82 Å². The van der Waals surface area contributed by atoms with Crippen LogP contribution in [0.2, 0.25) is 5.02 Å². The third-order valence-electron chi connectivity index (χ3n) is 2.99. The molecule has 3 rings (SSSR count). The lowest BCUT2D eigenvalue weighted by atomic mass is 10.2. The van der Waals surface area contributed by atoms with E-state index in [9.17, 15) is 4.39 Å². The Labute approximate surface area is 114 Å². The van der Waals surface area contributed by atoms with Gasteiger partial charge < -0.3 is 10.7 Å². The minimum atomic E-state index is -0.470. The van der Waals surface area contributed by atoms with E-state index in [0.29, 0.717) is 17.9 Å². The van der Waals surface area contributed by atoms with Gasteiger partial charge in [-0.2, -0.15) is 0 Å². The van der Waals surface area contributed by atoms with Crippen molar-refractivity contribution < 1.29 is 4.39 Å². The third kappa shape index (κ3) is 2.09. The number of aromatic amines is 1. The molecule has 3 aromatic rings. The van der Waals surface area contributed by atoms with Gasteiger partial charge in [0, 0.05) is 6.54 Å². The van der Waals surface area contributed by atoms with Gasteiger partial charge in [-0.1, -0.05) is 23.7 Å². The van der Waals surface area contributed by atoms with Crippen LogP contribution in [0.4, 0.5) is 4.39 Å². The van der Waals surface area contributed by atoms with E-state index >= 15 is 0 Å². The SMILES string of the molecule is NCc1ccc2nc(-c3cccc(Cl)c3F)[nH]c2c1. The Kier molecular flexibility index (Phi) is 2.97. The number of hydrogen-bond donors (Lipinski definition) is 2. The molecule has 0 unspecified atom stereocenters. The summed E-state index contributed by atoms with van der Waals surface area (Å²) in [4.78, 5) is 7.45. The number of benzene rings is 2. The van der Waals surface area contributed by atoms with E-state index in [-0.39, 0.29) is 5.02 Å². The molecule has 0 radical (unpaired) electrons. The van der Waals surface area contributed by atoms with Crippen LogP contribution >= 0.6 is 11.6 Å². The van der Waals surface area contributed by atoms with E-state index < -0.39 is 5.82 Å². The van der Waals surface area contributed by atoms with Crippen LogP contribution in [0.25, 0.3) is 22.4 Å². The molecule has 19 heavy (non-hydrogen) atoms. The predicted molar refractivity (Wildman–Crippen MR) is 74.4 cm³/mol. The molecular formula is C14H11ClFN3. The summed E-state index contributed by atoms with van der Waals surface area (Å²) in [6, 6.07) is 10.5. The van der Waals surface area contributed by atoms with Gasteiger partial charge in [0.2, 0.25) is 0 Å². The fraction of sp³-hybridized carbons (Fsp3) is 0.0714. The second-order valence-corrected chi connectivity index (χ2v) is 4.65. The van der Waals surface area contributed by atoms with Crippen molar-refractivity contribution in [1.82, 2.24) is 9.97 Å². The van der Waals surface area contributed by atoms with Crippen LogP contribution in [-0.4, -0.2) is 9.97 Å². The first-order valence-electron chi connectivity index (χ1n) is 5.82. The van der Waals surface area contributed by atoms with Crippen molar-refractivity contribution in [3.8, 4) is 11.4 Å². The molecule has 0 saturated heterocycles. The van der Waals surface area contributed by atoms with Crippen molar-refractivity contribution in [1.29, 1.82) is 0 Å². The molecule has 2 aromatic carbocycles. The number of aromatic nitrogens is 2. The van der Waals surface area contributed by atoms with Crippen molar-refractivity contribution >= 4 is 22.6 Å². The molecule has 0 saturated carbocycles. The number of fused-ring (bicyclic) bond motifs is 1. The lowest BCUT2D eigenvalue weighted by molar-refractivity contribution is 0.630. The van der Waals surface area contributed by atoms with Gasteiger partial charge in [0.15, 0.2) is 5.82 Å². The Bertz CT molecular complexity index is 752. The van der Waals surface area contributed by atoms with Gasteiger partial charge in [-0.3, -0.25) is 0 Å². The van der Waals surface area contributed by atoms with E-state index in [1.165, 1.54) is 6.07 Å². The summed E-state index contributed by atoms with van der Waals surface area (Å²) in [5, 5.41) is 0.0839. The van der Waals surface area contributed by atoms with Crippen LogP contribution in [0.5, 0.6) is 0 Å². The molecule has 0 aliphatic rings. The summed E-state index contributed by atoms with van der Waals surface area (Å²) in [5.41, 5.74) is 8.55. The maximum Gasteiger partial charge on any atom is 0.152 e. The minimum Gasteiger partial charge on any atom is -0.338 e. The summed E-state index contributed by atoms with van der Waals surface area (Å²) in [6.45, 7) is 0.454. The van der Waals surface area contributed by atoms with Crippen LogP contribution in [0.15, 0.2) is 36.4 Å². The smallest absolute Gasteiger partial charge is 0.152 e. The first kappa shape index (κ1) is 12.1. The standard InChI is InChI=1S/C14H11ClFN3/c15-10-3-1-2-9(13(10)16)14-18-11-5-4-8(7-17)6-12(11)19-14/h1-6H,7,17H2,(H,18,19). The van der Waals surface area contributed by atoms with Gasteiger partial charge in [-0.25, -0.2) is 9.37 Å². The largest absolute Gasteiger partial charge is 0.338 e. The number of nitrogens with zero attached hydrogens (tertiary/aromatic N) is 1. The van der Waals surface area contributed by atoms with E-state index in [1.54, 1.807) is 12.1 Å². The first-order valence-corrected chi connectivity index (χ1v) is 6.20. The minimum absolute atomic E-state index is 0.0839. The second-order valence-electron chi connectivity index (χ2n) is 4.24. The Balaban J connectivity index is 2.18. The number of H-pyrrole nitrogens is 1. The van der Waals surface area contributed by atoms with Crippen LogP contribution < -0.4 is 5.73 Å². The average Bonchev–Trinajstić information content (AvgIpc) is 2.84. The third-order valence-corrected chi connectivity index (χ3v) is 3.28. The lowest BCUT2D eigenvalue weighted by Crippen LogP contribution is -1.95. The molecule has 0 amide bonds. The molecule has 0 aliphatic heterocycles.